The fourth-order valence-electron chi connectivity index (χ4n) is 1.73. The number of anilines is 1. The van der Waals surface area contributed by atoms with Gasteiger partial charge in [-0.3, -0.25) is 4.79 Å². The molecule has 98 valence electrons. The maximum atomic E-state index is 13.6. The van der Waals surface area contributed by atoms with Gasteiger partial charge in [-0.15, -0.1) is 0 Å². The Morgan fingerprint density at radius 2 is 1.79 bits per heavy atom. The first-order chi connectivity index (χ1) is 8.97. The first-order valence-corrected chi connectivity index (χ1v) is 5.81. The number of nitrogens with one attached hydrogen (secondary N) is 1. The highest BCUT2D eigenvalue weighted by atomic mass is 19.1. The Bertz CT molecular complexity index is 638. The molecule has 0 aromatic heterocycles. The Kier molecular flexibility index (Phi) is 3.60. The SMILES string of the molecule is Cc1ccc(F)c(C(=O)Nc2cc(F)ccc2C)c1. The molecule has 0 bridgehead atoms. The predicted octanol–water partition coefficient (Wildman–Crippen LogP) is 3.83. The number of hydrogen-bond acceptors (Lipinski definition) is 1. The number of carbonyl (C=O) groups is 1. The maximum absolute atomic E-state index is 13.6. The summed E-state index contributed by atoms with van der Waals surface area (Å²) in [7, 11) is 0. The quantitative estimate of drug-likeness (QED) is 0.874. The molecular formula is C15H13F2NO. The van der Waals surface area contributed by atoms with Crippen molar-refractivity contribution in [1.29, 1.82) is 0 Å². The number of carbonyl (C=O) groups excluding carboxylic acids is 1. The largest absolute Gasteiger partial charge is 0.322 e. The van der Waals surface area contributed by atoms with Crippen LogP contribution in [-0.4, -0.2) is 5.91 Å². The van der Waals surface area contributed by atoms with E-state index in [1.54, 1.807) is 26.0 Å². The number of aryl methyl sites for hydroxylation is 2. The molecule has 0 spiro atoms. The highest BCUT2D eigenvalue weighted by Crippen LogP contribution is 2.18. The molecule has 19 heavy (non-hydrogen) atoms. The van der Waals surface area contributed by atoms with Gasteiger partial charge in [0.25, 0.3) is 5.91 Å². The highest BCUT2D eigenvalue weighted by Gasteiger charge is 2.13. The summed E-state index contributed by atoms with van der Waals surface area (Å²) in [6, 6.07) is 8.35. The van der Waals surface area contributed by atoms with Crippen LogP contribution in [0.2, 0.25) is 0 Å². The Hall–Kier alpha value is -2.23. The summed E-state index contributed by atoms with van der Waals surface area (Å²) >= 11 is 0. The highest BCUT2D eigenvalue weighted by molar-refractivity contribution is 6.04. The van der Waals surface area contributed by atoms with Crippen molar-refractivity contribution in [3.8, 4) is 0 Å². The molecule has 0 aliphatic carbocycles. The van der Waals surface area contributed by atoms with E-state index >= 15 is 0 Å². The van der Waals surface area contributed by atoms with E-state index in [9.17, 15) is 13.6 Å². The molecular weight excluding hydrogens is 248 g/mol. The minimum absolute atomic E-state index is 0.0522. The van der Waals surface area contributed by atoms with Crippen molar-refractivity contribution in [2.75, 3.05) is 5.32 Å². The van der Waals surface area contributed by atoms with E-state index in [1.165, 1.54) is 24.3 Å². The molecule has 0 radical (unpaired) electrons. The van der Waals surface area contributed by atoms with Crippen LogP contribution in [0.25, 0.3) is 0 Å². The van der Waals surface area contributed by atoms with Crippen molar-refractivity contribution in [3.63, 3.8) is 0 Å². The van der Waals surface area contributed by atoms with E-state index < -0.39 is 17.5 Å². The van der Waals surface area contributed by atoms with Crippen LogP contribution in [0, 0.1) is 25.5 Å². The lowest BCUT2D eigenvalue weighted by Gasteiger charge is -2.09. The molecule has 0 aliphatic heterocycles. The second kappa shape index (κ2) is 5.18. The topological polar surface area (TPSA) is 29.1 Å². The summed E-state index contributed by atoms with van der Waals surface area (Å²) in [5.74, 6) is -1.64. The van der Waals surface area contributed by atoms with Gasteiger partial charge < -0.3 is 5.32 Å². The third kappa shape index (κ3) is 2.96. The first-order valence-electron chi connectivity index (χ1n) is 5.81. The molecule has 0 fully saturated rings. The third-order valence-electron chi connectivity index (χ3n) is 2.81. The van der Waals surface area contributed by atoms with Gasteiger partial charge in [-0.25, -0.2) is 8.78 Å². The lowest BCUT2D eigenvalue weighted by atomic mass is 10.1. The lowest BCUT2D eigenvalue weighted by Crippen LogP contribution is -2.15. The Morgan fingerprint density at radius 1 is 1.05 bits per heavy atom. The normalized spacial score (nSPS) is 10.3. The van der Waals surface area contributed by atoms with Crippen molar-refractivity contribution in [3.05, 3.63) is 64.7 Å². The van der Waals surface area contributed by atoms with Crippen LogP contribution in [0.3, 0.4) is 0 Å². The molecule has 0 heterocycles. The van der Waals surface area contributed by atoms with Gasteiger partial charge in [0.05, 0.1) is 5.56 Å². The van der Waals surface area contributed by atoms with Gasteiger partial charge in [-0.2, -0.15) is 0 Å². The molecule has 4 heteroatoms. The summed E-state index contributed by atoms with van der Waals surface area (Å²) in [6.45, 7) is 3.51. The number of amides is 1. The molecule has 2 nitrogen and oxygen atoms in total. The van der Waals surface area contributed by atoms with Crippen LogP contribution in [0.4, 0.5) is 14.5 Å². The van der Waals surface area contributed by atoms with Gasteiger partial charge in [0.2, 0.25) is 0 Å². The molecule has 0 atom stereocenters. The molecule has 0 unspecified atom stereocenters. The maximum Gasteiger partial charge on any atom is 0.258 e. The van der Waals surface area contributed by atoms with E-state index in [0.29, 0.717) is 11.3 Å². The summed E-state index contributed by atoms with van der Waals surface area (Å²) < 4.78 is 26.7. The van der Waals surface area contributed by atoms with E-state index in [1.807, 2.05) is 0 Å². The third-order valence-corrected chi connectivity index (χ3v) is 2.81. The Labute approximate surface area is 110 Å². The summed E-state index contributed by atoms with van der Waals surface area (Å²) in [4.78, 5) is 12.0. The van der Waals surface area contributed by atoms with Gasteiger partial charge in [0.15, 0.2) is 0 Å². The number of hydrogen-bond donors (Lipinski definition) is 1. The zero-order valence-electron chi connectivity index (χ0n) is 10.6. The number of benzene rings is 2. The first kappa shape index (κ1) is 13.2. The average molecular weight is 261 g/mol. The fraction of sp³-hybridized carbons (Fsp3) is 0.133. The average Bonchev–Trinajstić information content (AvgIpc) is 2.36. The second-order valence-corrected chi connectivity index (χ2v) is 4.40. The van der Waals surface area contributed by atoms with Gasteiger partial charge in [-0.05, 0) is 43.7 Å². The minimum Gasteiger partial charge on any atom is -0.322 e. The second-order valence-electron chi connectivity index (χ2n) is 4.40. The molecule has 0 saturated carbocycles. The molecule has 2 rings (SSSR count). The lowest BCUT2D eigenvalue weighted by molar-refractivity contribution is 0.102. The zero-order chi connectivity index (χ0) is 14.0. The van der Waals surface area contributed by atoms with Gasteiger partial charge >= 0.3 is 0 Å². The molecule has 0 aliphatic rings. The van der Waals surface area contributed by atoms with Crippen molar-refractivity contribution < 1.29 is 13.6 Å². The Morgan fingerprint density at radius 3 is 2.53 bits per heavy atom. The molecule has 2 aromatic carbocycles. The van der Waals surface area contributed by atoms with Crippen molar-refractivity contribution >= 4 is 11.6 Å². The summed E-state index contributed by atoms with van der Waals surface area (Å²) in [6.07, 6.45) is 0. The summed E-state index contributed by atoms with van der Waals surface area (Å²) in [5.41, 5.74) is 1.78. The molecule has 1 amide bonds. The molecule has 0 saturated heterocycles. The van der Waals surface area contributed by atoms with E-state index in [4.69, 9.17) is 0 Å². The molecule has 1 N–H and O–H groups in total. The fourth-order valence-corrected chi connectivity index (χ4v) is 1.73. The van der Waals surface area contributed by atoms with Gasteiger partial charge in [0, 0.05) is 5.69 Å². The Balaban J connectivity index is 2.30. The van der Waals surface area contributed by atoms with E-state index in [2.05, 4.69) is 5.32 Å². The monoisotopic (exact) mass is 261 g/mol. The zero-order valence-corrected chi connectivity index (χ0v) is 10.6. The van der Waals surface area contributed by atoms with Crippen LogP contribution in [-0.2, 0) is 0 Å². The van der Waals surface area contributed by atoms with Crippen molar-refractivity contribution in [1.82, 2.24) is 0 Å². The van der Waals surface area contributed by atoms with Gasteiger partial charge in [-0.1, -0.05) is 17.7 Å². The molecule has 2 aromatic rings. The van der Waals surface area contributed by atoms with Crippen molar-refractivity contribution in [2.45, 2.75) is 13.8 Å². The standard InChI is InChI=1S/C15H13F2NO/c1-9-3-6-13(17)12(7-9)15(19)18-14-8-11(16)5-4-10(14)2/h3-8H,1-2H3,(H,18,19). The van der Waals surface area contributed by atoms with Crippen LogP contribution in [0.1, 0.15) is 21.5 Å². The smallest absolute Gasteiger partial charge is 0.258 e. The van der Waals surface area contributed by atoms with Crippen LogP contribution >= 0.6 is 0 Å². The predicted molar refractivity (Wildman–Crippen MR) is 70.2 cm³/mol. The number of halogens is 2. The van der Waals surface area contributed by atoms with Crippen molar-refractivity contribution in [2.24, 2.45) is 0 Å². The van der Waals surface area contributed by atoms with Crippen LogP contribution in [0.5, 0.6) is 0 Å². The van der Waals surface area contributed by atoms with Crippen LogP contribution in [0.15, 0.2) is 36.4 Å². The van der Waals surface area contributed by atoms with Crippen LogP contribution < -0.4 is 5.32 Å². The minimum atomic E-state index is -0.600. The van der Waals surface area contributed by atoms with E-state index in [-0.39, 0.29) is 5.56 Å². The summed E-state index contributed by atoms with van der Waals surface area (Å²) in [5, 5.41) is 2.52. The van der Waals surface area contributed by atoms with E-state index in [0.717, 1.165) is 5.56 Å². The number of rotatable bonds is 2. The van der Waals surface area contributed by atoms with Gasteiger partial charge in [0.1, 0.15) is 11.6 Å².